The third-order valence-corrected chi connectivity index (χ3v) is 7.64. The van der Waals surface area contributed by atoms with Crippen molar-refractivity contribution in [3.05, 3.63) is 118 Å². The van der Waals surface area contributed by atoms with E-state index in [-0.39, 0.29) is 24.0 Å². The summed E-state index contributed by atoms with van der Waals surface area (Å²) in [6.07, 6.45) is 6.00. The van der Waals surface area contributed by atoms with Gasteiger partial charge in [0.05, 0.1) is 23.7 Å². The van der Waals surface area contributed by atoms with Crippen molar-refractivity contribution in [2.45, 2.75) is 31.9 Å². The smallest absolute Gasteiger partial charge is 0.255 e. The van der Waals surface area contributed by atoms with Gasteiger partial charge >= 0.3 is 0 Å². The van der Waals surface area contributed by atoms with Gasteiger partial charge in [-0.3, -0.25) is 14.3 Å². The zero-order valence-electron chi connectivity index (χ0n) is 22.2. The fourth-order valence-corrected chi connectivity index (χ4v) is 5.45. The number of pyridine rings is 1. The summed E-state index contributed by atoms with van der Waals surface area (Å²) in [5, 5.41) is 17.8. The van der Waals surface area contributed by atoms with E-state index in [0.29, 0.717) is 17.3 Å². The summed E-state index contributed by atoms with van der Waals surface area (Å²) in [7, 11) is 2.15. The van der Waals surface area contributed by atoms with Crippen LogP contribution in [0.25, 0.3) is 5.69 Å². The second kappa shape index (κ2) is 12.3. The molecule has 1 unspecified atom stereocenters. The Balaban J connectivity index is 1.24. The summed E-state index contributed by atoms with van der Waals surface area (Å²) in [5.74, 6) is 0.173. The maximum Gasteiger partial charge on any atom is 0.255 e. The molecule has 0 saturated carbocycles. The quantitative estimate of drug-likeness (QED) is 0.348. The Bertz CT molecular complexity index is 1420. The highest BCUT2D eigenvalue weighted by Crippen LogP contribution is 2.30. The van der Waals surface area contributed by atoms with Gasteiger partial charge in [-0.25, -0.2) is 4.39 Å². The minimum atomic E-state index is -0.311. The Morgan fingerprint density at radius 3 is 2.51 bits per heavy atom. The molecule has 0 radical (unpaired) electrons. The molecular formula is C31H34FN5O2. The highest BCUT2D eigenvalue weighted by molar-refractivity contribution is 5.52. The largest absolute Gasteiger partial charge is 0.392 e. The average Bonchev–Trinajstić information content (AvgIpc) is 2.97. The molecule has 1 fully saturated rings. The number of hydrogen-bond acceptors (Lipinski definition) is 6. The molecule has 1 N–H and O–H groups in total. The average molecular weight is 528 g/mol. The van der Waals surface area contributed by atoms with E-state index in [9.17, 15) is 9.90 Å². The van der Waals surface area contributed by atoms with E-state index in [1.54, 1.807) is 36.7 Å². The van der Waals surface area contributed by atoms with Gasteiger partial charge in [0.1, 0.15) is 5.82 Å². The van der Waals surface area contributed by atoms with Crippen molar-refractivity contribution in [2.24, 2.45) is 5.92 Å². The summed E-state index contributed by atoms with van der Waals surface area (Å²) in [6.45, 7) is 2.50. The third kappa shape index (κ3) is 6.41. The number of piperidine rings is 1. The van der Waals surface area contributed by atoms with E-state index >= 15 is 4.39 Å². The van der Waals surface area contributed by atoms with Crippen LogP contribution in [0.4, 0.5) is 10.1 Å². The van der Waals surface area contributed by atoms with Crippen LogP contribution in [0.15, 0.2) is 90.0 Å². The minimum Gasteiger partial charge on any atom is -0.392 e. The summed E-state index contributed by atoms with van der Waals surface area (Å²) in [5.41, 5.74) is 3.93. The lowest BCUT2D eigenvalue weighted by Crippen LogP contribution is -2.39. The van der Waals surface area contributed by atoms with Gasteiger partial charge in [-0.2, -0.15) is 10.2 Å². The number of aromatic nitrogens is 3. The molecule has 1 atom stereocenters. The van der Waals surface area contributed by atoms with E-state index in [2.05, 4.69) is 39.2 Å². The predicted octanol–water partition coefficient (Wildman–Crippen LogP) is 4.39. The zero-order valence-corrected chi connectivity index (χ0v) is 22.2. The molecule has 3 heterocycles. The molecule has 0 aliphatic carbocycles. The SMILES string of the molecule is CN(CC1CCN(c2ccc(-n3ccccc3=O)cc2F)CC1)C(Cc1cccnn1)c1ccc(CO)cc1. The first-order chi connectivity index (χ1) is 19.0. The van der Waals surface area contributed by atoms with Gasteiger partial charge in [0.25, 0.3) is 5.56 Å². The molecule has 2 aromatic carbocycles. The van der Waals surface area contributed by atoms with Gasteiger partial charge in [0, 0.05) is 56.6 Å². The molecule has 1 saturated heterocycles. The van der Waals surface area contributed by atoms with E-state index in [1.165, 1.54) is 22.3 Å². The molecule has 5 rings (SSSR count). The number of aliphatic hydroxyl groups excluding tert-OH is 1. The molecule has 2 aromatic heterocycles. The van der Waals surface area contributed by atoms with Gasteiger partial charge < -0.3 is 10.0 Å². The lowest BCUT2D eigenvalue weighted by molar-refractivity contribution is 0.188. The Morgan fingerprint density at radius 2 is 1.85 bits per heavy atom. The molecule has 4 aromatic rings. The van der Waals surface area contributed by atoms with Crippen LogP contribution in [0.2, 0.25) is 0 Å². The van der Waals surface area contributed by atoms with Crippen molar-refractivity contribution in [2.75, 3.05) is 31.6 Å². The van der Waals surface area contributed by atoms with E-state index in [1.807, 2.05) is 24.3 Å². The number of anilines is 1. The van der Waals surface area contributed by atoms with Crippen LogP contribution >= 0.6 is 0 Å². The number of halogens is 1. The molecule has 0 bridgehead atoms. The van der Waals surface area contributed by atoms with Crippen molar-refractivity contribution >= 4 is 5.69 Å². The number of benzene rings is 2. The number of rotatable bonds is 9. The van der Waals surface area contributed by atoms with Crippen LogP contribution in [0.3, 0.4) is 0 Å². The zero-order chi connectivity index (χ0) is 27.2. The van der Waals surface area contributed by atoms with Gasteiger partial charge in [-0.1, -0.05) is 30.3 Å². The monoisotopic (exact) mass is 527 g/mol. The highest BCUT2D eigenvalue weighted by atomic mass is 19.1. The van der Waals surface area contributed by atoms with Crippen LogP contribution in [0.1, 0.15) is 35.7 Å². The first-order valence-corrected chi connectivity index (χ1v) is 13.4. The Labute approximate surface area is 228 Å². The Kier molecular flexibility index (Phi) is 8.44. The van der Waals surface area contributed by atoms with E-state index in [0.717, 1.165) is 50.2 Å². The van der Waals surface area contributed by atoms with Gasteiger partial charge in [0.15, 0.2) is 0 Å². The third-order valence-electron chi connectivity index (χ3n) is 7.64. The molecule has 7 nitrogen and oxygen atoms in total. The van der Waals surface area contributed by atoms with Crippen molar-refractivity contribution in [1.29, 1.82) is 0 Å². The fraction of sp³-hybridized carbons (Fsp3) is 0.323. The van der Waals surface area contributed by atoms with Crippen LogP contribution in [0, 0.1) is 11.7 Å². The second-order valence-corrected chi connectivity index (χ2v) is 10.2. The van der Waals surface area contributed by atoms with Gasteiger partial charge in [-0.15, -0.1) is 0 Å². The predicted molar refractivity (Wildman–Crippen MR) is 150 cm³/mol. The summed E-state index contributed by atoms with van der Waals surface area (Å²) in [6, 6.07) is 22.1. The topological polar surface area (TPSA) is 74.5 Å². The van der Waals surface area contributed by atoms with Crippen LogP contribution < -0.4 is 10.5 Å². The number of likely N-dealkylation sites (N-methyl/N-ethyl adjacent to an activating group) is 1. The maximum atomic E-state index is 15.1. The molecule has 39 heavy (non-hydrogen) atoms. The maximum absolute atomic E-state index is 15.1. The van der Waals surface area contributed by atoms with Gasteiger partial charge in [0.2, 0.25) is 0 Å². The molecular weight excluding hydrogens is 493 g/mol. The molecule has 202 valence electrons. The Hall–Kier alpha value is -3.88. The van der Waals surface area contributed by atoms with Crippen molar-refractivity contribution in [3.8, 4) is 5.69 Å². The standard InChI is InChI=1S/C31H34FN5O2/c1-35(30(19-26-5-4-15-33-34-26)25-9-7-24(22-38)8-10-25)21-23-13-17-36(18-14-23)29-12-11-27(20-28(29)32)37-16-3-2-6-31(37)39/h2-12,15-16,20,23,30,38H,13-14,17-19,21-22H2,1H3. The number of aliphatic hydroxyl groups is 1. The summed E-state index contributed by atoms with van der Waals surface area (Å²) in [4.78, 5) is 16.6. The fourth-order valence-electron chi connectivity index (χ4n) is 5.45. The summed E-state index contributed by atoms with van der Waals surface area (Å²) < 4.78 is 16.6. The van der Waals surface area contributed by atoms with Crippen LogP contribution in [0.5, 0.6) is 0 Å². The van der Waals surface area contributed by atoms with Gasteiger partial charge in [-0.05, 0) is 67.3 Å². The molecule has 0 amide bonds. The van der Waals surface area contributed by atoms with Crippen molar-refractivity contribution in [3.63, 3.8) is 0 Å². The molecule has 8 heteroatoms. The molecule has 1 aliphatic heterocycles. The molecule has 1 aliphatic rings. The van der Waals surface area contributed by atoms with Crippen molar-refractivity contribution in [1.82, 2.24) is 19.7 Å². The number of nitrogens with zero attached hydrogens (tertiary/aromatic N) is 5. The Morgan fingerprint density at radius 1 is 1.05 bits per heavy atom. The summed E-state index contributed by atoms with van der Waals surface area (Å²) >= 11 is 0. The van der Waals surface area contributed by atoms with Crippen LogP contribution in [-0.4, -0.2) is 51.5 Å². The lowest BCUT2D eigenvalue weighted by Gasteiger charge is -2.37. The highest BCUT2D eigenvalue weighted by Gasteiger charge is 2.26. The first-order valence-electron chi connectivity index (χ1n) is 13.4. The van der Waals surface area contributed by atoms with E-state index < -0.39 is 0 Å². The molecule has 0 spiro atoms. The second-order valence-electron chi connectivity index (χ2n) is 10.2. The first kappa shape index (κ1) is 26.7. The number of hydrogen-bond donors (Lipinski definition) is 1. The minimum absolute atomic E-state index is 0.0254. The van der Waals surface area contributed by atoms with E-state index in [4.69, 9.17) is 0 Å². The van der Waals surface area contributed by atoms with Crippen molar-refractivity contribution < 1.29 is 9.50 Å². The van der Waals surface area contributed by atoms with Crippen LogP contribution in [-0.2, 0) is 13.0 Å². The normalized spacial score (nSPS) is 15.0. The lowest BCUT2D eigenvalue weighted by atomic mass is 9.93.